The molecule has 28 heavy (non-hydrogen) atoms. The van der Waals surface area contributed by atoms with Crippen LogP contribution in [0.3, 0.4) is 0 Å². The second-order valence-corrected chi connectivity index (χ2v) is 8.22. The molecule has 2 saturated carbocycles. The molecule has 1 aromatic carbocycles. The van der Waals surface area contributed by atoms with Crippen molar-refractivity contribution in [3.63, 3.8) is 0 Å². The summed E-state index contributed by atoms with van der Waals surface area (Å²) >= 11 is 0. The van der Waals surface area contributed by atoms with Crippen molar-refractivity contribution in [2.75, 3.05) is 6.54 Å². The number of fused-ring (bicyclic) bond motifs is 1. The van der Waals surface area contributed by atoms with Crippen molar-refractivity contribution in [2.24, 2.45) is 35.5 Å². The number of carbonyl (C=O) groups is 3. The van der Waals surface area contributed by atoms with Crippen LogP contribution in [-0.2, 0) is 14.4 Å². The summed E-state index contributed by atoms with van der Waals surface area (Å²) in [6, 6.07) is 9.02. The van der Waals surface area contributed by atoms with Crippen molar-refractivity contribution in [3.05, 3.63) is 48.7 Å². The molecule has 140 valence electrons. The van der Waals surface area contributed by atoms with E-state index in [0.29, 0.717) is 23.1 Å². The van der Waals surface area contributed by atoms with E-state index in [9.17, 15) is 14.4 Å². The van der Waals surface area contributed by atoms with Crippen molar-refractivity contribution in [1.29, 1.82) is 0 Å². The molecule has 2 bridgehead atoms. The minimum atomic E-state index is -0.621. The number of allylic oxidation sites excluding steroid dienone is 2. The molecule has 1 aromatic heterocycles. The lowest BCUT2D eigenvalue weighted by Crippen LogP contribution is -2.40. The number of benzene rings is 1. The minimum absolute atomic E-state index is 0.153. The van der Waals surface area contributed by atoms with Gasteiger partial charge in [0.2, 0.25) is 11.8 Å². The number of aromatic nitrogens is 1. The molecule has 5 aliphatic rings. The Morgan fingerprint density at radius 3 is 2.43 bits per heavy atom. The lowest BCUT2D eigenvalue weighted by Gasteiger charge is -2.37. The Bertz CT molecular complexity index is 1040. The third kappa shape index (κ3) is 2.08. The van der Waals surface area contributed by atoms with Crippen LogP contribution < -0.4 is 4.74 Å². The summed E-state index contributed by atoms with van der Waals surface area (Å²) in [4.78, 5) is 43.8. The summed E-state index contributed by atoms with van der Waals surface area (Å²) < 4.78 is 5.48. The molecule has 4 aliphatic carbocycles. The highest BCUT2D eigenvalue weighted by molar-refractivity contribution is 6.08. The van der Waals surface area contributed by atoms with Gasteiger partial charge in [0.15, 0.2) is 5.75 Å². The van der Waals surface area contributed by atoms with Gasteiger partial charge in [-0.05, 0) is 42.2 Å². The molecule has 0 spiro atoms. The number of pyridine rings is 1. The molecule has 6 nitrogen and oxygen atoms in total. The summed E-state index contributed by atoms with van der Waals surface area (Å²) in [6.07, 6.45) is 6.99. The molecule has 6 unspecified atom stereocenters. The second-order valence-electron chi connectivity index (χ2n) is 8.22. The van der Waals surface area contributed by atoms with E-state index in [-0.39, 0.29) is 42.0 Å². The van der Waals surface area contributed by atoms with E-state index < -0.39 is 5.97 Å². The van der Waals surface area contributed by atoms with E-state index in [2.05, 4.69) is 17.1 Å². The maximum Gasteiger partial charge on any atom is 0.331 e. The monoisotopic (exact) mass is 374 g/mol. The largest absolute Gasteiger partial charge is 0.423 e. The highest BCUT2D eigenvalue weighted by atomic mass is 16.5. The number of nitrogens with zero attached hydrogens (tertiary/aromatic N) is 2. The van der Waals surface area contributed by atoms with Gasteiger partial charge >= 0.3 is 5.97 Å². The SMILES string of the molecule is O=C(CN1C(=O)C2C3C=CC(C4CC34)C2C1=O)Oc1cccc2cccnc12. The Labute approximate surface area is 161 Å². The van der Waals surface area contributed by atoms with Crippen LogP contribution in [0.4, 0.5) is 0 Å². The number of rotatable bonds is 3. The number of esters is 1. The molecular formula is C22H18N2O4. The molecule has 1 saturated heterocycles. The molecule has 2 amide bonds. The maximum atomic E-state index is 13.0. The van der Waals surface area contributed by atoms with Crippen molar-refractivity contribution >= 4 is 28.7 Å². The van der Waals surface area contributed by atoms with Gasteiger partial charge in [-0.1, -0.05) is 30.4 Å². The minimum Gasteiger partial charge on any atom is -0.423 e. The van der Waals surface area contributed by atoms with Gasteiger partial charge in [0, 0.05) is 11.6 Å². The summed E-state index contributed by atoms with van der Waals surface area (Å²) in [7, 11) is 0. The van der Waals surface area contributed by atoms with E-state index >= 15 is 0 Å². The van der Waals surface area contributed by atoms with Crippen molar-refractivity contribution < 1.29 is 19.1 Å². The van der Waals surface area contributed by atoms with Crippen LogP contribution in [0.25, 0.3) is 10.9 Å². The van der Waals surface area contributed by atoms with Crippen molar-refractivity contribution in [3.8, 4) is 5.75 Å². The first-order valence-electron chi connectivity index (χ1n) is 9.71. The molecule has 2 aromatic rings. The van der Waals surface area contributed by atoms with Crippen LogP contribution >= 0.6 is 0 Å². The third-order valence-electron chi connectivity index (χ3n) is 6.86. The zero-order valence-corrected chi connectivity index (χ0v) is 15.0. The van der Waals surface area contributed by atoms with Gasteiger partial charge in [0.25, 0.3) is 0 Å². The van der Waals surface area contributed by atoms with Gasteiger partial charge < -0.3 is 4.74 Å². The fourth-order valence-electron chi connectivity index (χ4n) is 5.62. The van der Waals surface area contributed by atoms with Crippen LogP contribution in [0.15, 0.2) is 48.7 Å². The molecule has 3 fully saturated rings. The van der Waals surface area contributed by atoms with Crippen molar-refractivity contribution in [2.45, 2.75) is 6.42 Å². The number of para-hydroxylation sites is 1. The third-order valence-corrected chi connectivity index (χ3v) is 6.86. The molecule has 6 heteroatoms. The number of likely N-dealkylation sites (tertiary alicyclic amines) is 1. The van der Waals surface area contributed by atoms with E-state index in [4.69, 9.17) is 4.74 Å². The summed E-state index contributed by atoms with van der Waals surface area (Å²) in [5.74, 6) is 0.0892. The normalized spacial score (nSPS) is 34.5. The Hall–Kier alpha value is -3.02. The van der Waals surface area contributed by atoms with Crippen LogP contribution in [0.2, 0.25) is 0 Å². The fourth-order valence-corrected chi connectivity index (χ4v) is 5.62. The second kappa shape index (κ2) is 5.50. The van der Waals surface area contributed by atoms with E-state index in [0.717, 1.165) is 16.7 Å². The van der Waals surface area contributed by atoms with Gasteiger partial charge in [-0.25, -0.2) is 4.79 Å². The summed E-state index contributed by atoms with van der Waals surface area (Å²) in [5.41, 5.74) is 0.577. The number of amides is 2. The summed E-state index contributed by atoms with van der Waals surface area (Å²) in [5, 5.41) is 0.856. The quantitative estimate of drug-likeness (QED) is 0.356. The van der Waals surface area contributed by atoms with Crippen LogP contribution in [-0.4, -0.2) is 34.2 Å². The Morgan fingerprint density at radius 1 is 1.04 bits per heavy atom. The Kier molecular flexibility index (Phi) is 3.14. The van der Waals surface area contributed by atoms with Crippen molar-refractivity contribution in [1.82, 2.24) is 9.88 Å². The van der Waals surface area contributed by atoms with Crippen LogP contribution in [0.1, 0.15) is 6.42 Å². The molecule has 7 rings (SSSR count). The zero-order valence-electron chi connectivity index (χ0n) is 15.0. The first kappa shape index (κ1) is 16.0. The lowest BCUT2D eigenvalue weighted by atomic mass is 9.63. The number of hydrogen-bond acceptors (Lipinski definition) is 5. The van der Waals surface area contributed by atoms with E-state index in [1.54, 1.807) is 18.3 Å². The topological polar surface area (TPSA) is 76.6 Å². The number of ether oxygens (including phenoxy) is 1. The Balaban J connectivity index is 1.23. The fraction of sp³-hybridized carbons (Fsp3) is 0.364. The number of imide groups is 1. The molecule has 2 heterocycles. The molecule has 6 atom stereocenters. The zero-order chi connectivity index (χ0) is 19.0. The molecule has 1 aliphatic heterocycles. The van der Waals surface area contributed by atoms with Gasteiger partial charge in [0.05, 0.1) is 11.8 Å². The first-order chi connectivity index (χ1) is 13.6. The number of hydrogen-bond donors (Lipinski definition) is 0. The van der Waals surface area contributed by atoms with Gasteiger partial charge in [0.1, 0.15) is 12.1 Å². The Morgan fingerprint density at radius 2 is 1.71 bits per heavy atom. The van der Waals surface area contributed by atoms with Gasteiger partial charge in [-0.2, -0.15) is 0 Å². The summed E-state index contributed by atoms with van der Waals surface area (Å²) in [6.45, 7) is -0.345. The average molecular weight is 374 g/mol. The predicted octanol–water partition coefficient (Wildman–Crippen LogP) is 2.19. The standard InChI is InChI=1S/C22H18N2O4/c25-17(28-16-5-1-3-11-4-2-8-23-20(11)16)10-24-21(26)18-12-6-7-13(15-9-14(12)15)19(18)22(24)27/h1-8,12-15,18-19H,9-10H2. The van der Waals surface area contributed by atoms with Crippen LogP contribution in [0.5, 0.6) is 5.75 Å². The van der Waals surface area contributed by atoms with Gasteiger partial charge in [-0.3, -0.25) is 19.5 Å². The number of carbonyl (C=O) groups excluding carboxylic acids is 3. The van der Waals surface area contributed by atoms with Crippen LogP contribution in [0, 0.1) is 35.5 Å². The lowest BCUT2D eigenvalue weighted by molar-refractivity contribution is -0.148. The smallest absolute Gasteiger partial charge is 0.331 e. The molecular weight excluding hydrogens is 356 g/mol. The maximum absolute atomic E-state index is 13.0. The first-order valence-corrected chi connectivity index (χ1v) is 9.71. The van der Waals surface area contributed by atoms with E-state index in [1.165, 1.54) is 0 Å². The average Bonchev–Trinajstić information content (AvgIpc) is 3.49. The van der Waals surface area contributed by atoms with Gasteiger partial charge in [-0.15, -0.1) is 0 Å². The molecule has 0 radical (unpaired) electrons. The highest BCUT2D eigenvalue weighted by Crippen LogP contribution is 2.65. The van der Waals surface area contributed by atoms with E-state index in [1.807, 2.05) is 18.2 Å². The predicted molar refractivity (Wildman–Crippen MR) is 98.8 cm³/mol. The highest BCUT2D eigenvalue weighted by Gasteiger charge is 2.67. The molecule has 0 N–H and O–H groups in total.